The maximum atomic E-state index is 13.5. The van der Waals surface area contributed by atoms with Gasteiger partial charge in [-0.2, -0.15) is 5.10 Å². The summed E-state index contributed by atoms with van der Waals surface area (Å²) in [5.74, 6) is 0.588. The lowest BCUT2D eigenvalue weighted by molar-refractivity contribution is -0.133. The Balaban J connectivity index is 1.44. The van der Waals surface area contributed by atoms with Crippen molar-refractivity contribution < 1.29 is 19.1 Å². The minimum atomic E-state index is -0.396. The fraction of sp³-hybridized carbons (Fsp3) is 0.192. The van der Waals surface area contributed by atoms with Gasteiger partial charge in [0.1, 0.15) is 6.54 Å². The number of benzene rings is 3. The molecule has 2 aliphatic rings. The summed E-state index contributed by atoms with van der Waals surface area (Å²) in [7, 11) is 1.56. The lowest BCUT2D eigenvalue weighted by atomic mass is 9.98. The minimum Gasteiger partial charge on any atom is -0.454 e. The summed E-state index contributed by atoms with van der Waals surface area (Å²) in [5, 5.41) is 6.96. The highest BCUT2D eigenvalue weighted by Gasteiger charge is 2.35. The molecule has 2 aliphatic heterocycles. The zero-order valence-electron chi connectivity index (χ0n) is 18.8. The molecule has 7 nitrogen and oxygen atoms in total. The number of fused-ring (bicyclic) bond motifs is 1. The SMILES string of the molecule is CN(CC(=O)N1N=C(c2ccccc2Cl)C[C@@H]1c1ccc2c(c1)OCO2)C(=O)c1ccccc1Cl. The average Bonchev–Trinajstić information content (AvgIpc) is 3.51. The molecule has 3 aromatic rings. The van der Waals surface area contributed by atoms with Gasteiger partial charge in [0.2, 0.25) is 6.79 Å². The lowest BCUT2D eigenvalue weighted by Gasteiger charge is -2.25. The molecule has 1 atom stereocenters. The summed E-state index contributed by atoms with van der Waals surface area (Å²) >= 11 is 12.6. The van der Waals surface area contributed by atoms with E-state index in [0.717, 1.165) is 11.1 Å². The Bertz CT molecular complexity index is 1340. The summed E-state index contributed by atoms with van der Waals surface area (Å²) in [6, 6.07) is 19.3. The summed E-state index contributed by atoms with van der Waals surface area (Å²) < 4.78 is 11.0. The lowest BCUT2D eigenvalue weighted by Crippen LogP contribution is -2.39. The molecule has 0 N–H and O–H groups in total. The standard InChI is InChI=1S/C26H21Cl2N3O4/c1-30(26(33)18-7-3-5-9-20(18)28)14-25(32)31-22(16-10-11-23-24(12-16)35-15-34-23)13-21(29-31)17-6-2-4-8-19(17)27/h2-12,22H,13-15H2,1H3/t22-/m1/s1. The number of hydrazone groups is 1. The van der Waals surface area contributed by atoms with Crippen LogP contribution in [0.3, 0.4) is 0 Å². The maximum absolute atomic E-state index is 13.5. The van der Waals surface area contributed by atoms with E-state index in [4.69, 9.17) is 32.7 Å². The van der Waals surface area contributed by atoms with Crippen molar-refractivity contribution in [3.63, 3.8) is 0 Å². The van der Waals surface area contributed by atoms with E-state index in [1.807, 2.05) is 36.4 Å². The van der Waals surface area contributed by atoms with Crippen LogP contribution < -0.4 is 9.47 Å². The predicted molar refractivity (Wildman–Crippen MR) is 133 cm³/mol. The van der Waals surface area contributed by atoms with Crippen LogP contribution in [0, 0.1) is 0 Å². The Morgan fingerprint density at radius 2 is 1.71 bits per heavy atom. The Labute approximate surface area is 212 Å². The largest absolute Gasteiger partial charge is 0.454 e. The summed E-state index contributed by atoms with van der Waals surface area (Å²) in [4.78, 5) is 27.7. The van der Waals surface area contributed by atoms with Crippen molar-refractivity contribution in [2.24, 2.45) is 5.10 Å². The second-order valence-electron chi connectivity index (χ2n) is 8.24. The second kappa shape index (κ2) is 9.60. The first-order valence-electron chi connectivity index (χ1n) is 11.0. The monoisotopic (exact) mass is 509 g/mol. The van der Waals surface area contributed by atoms with E-state index in [-0.39, 0.29) is 25.2 Å². The molecule has 0 aromatic heterocycles. The van der Waals surface area contributed by atoms with Crippen LogP contribution in [0.5, 0.6) is 11.5 Å². The van der Waals surface area contributed by atoms with Crippen molar-refractivity contribution in [3.8, 4) is 11.5 Å². The molecule has 2 heterocycles. The van der Waals surface area contributed by atoms with E-state index in [2.05, 4.69) is 5.10 Å². The van der Waals surface area contributed by atoms with Gasteiger partial charge in [-0.05, 0) is 35.9 Å². The van der Waals surface area contributed by atoms with Crippen LogP contribution in [-0.4, -0.2) is 47.8 Å². The van der Waals surface area contributed by atoms with Gasteiger partial charge in [-0.15, -0.1) is 0 Å². The van der Waals surface area contributed by atoms with E-state index >= 15 is 0 Å². The van der Waals surface area contributed by atoms with Gasteiger partial charge < -0.3 is 14.4 Å². The number of ether oxygens (including phenoxy) is 2. The molecule has 5 rings (SSSR count). The van der Waals surface area contributed by atoms with Crippen LogP contribution in [0.2, 0.25) is 10.0 Å². The molecule has 0 spiro atoms. The highest BCUT2D eigenvalue weighted by Crippen LogP contribution is 2.39. The molecule has 9 heteroatoms. The average molecular weight is 510 g/mol. The van der Waals surface area contributed by atoms with E-state index in [1.54, 1.807) is 37.4 Å². The van der Waals surface area contributed by atoms with Gasteiger partial charge in [0.25, 0.3) is 11.8 Å². The molecule has 35 heavy (non-hydrogen) atoms. The number of carbonyl (C=O) groups excluding carboxylic acids is 2. The molecule has 0 saturated carbocycles. The normalized spacial score (nSPS) is 16.3. The van der Waals surface area contributed by atoms with Gasteiger partial charge in [-0.25, -0.2) is 5.01 Å². The highest BCUT2D eigenvalue weighted by molar-refractivity contribution is 6.34. The van der Waals surface area contributed by atoms with Crippen LogP contribution in [0.1, 0.15) is 33.9 Å². The van der Waals surface area contributed by atoms with Gasteiger partial charge >= 0.3 is 0 Å². The van der Waals surface area contributed by atoms with Gasteiger partial charge in [0, 0.05) is 24.1 Å². The molecular weight excluding hydrogens is 489 g/mol. The first-order valence-corrected chi connectivity index (χ1v) is 11.7. The number of halogens is 2. The fourth-order valence-electron chi connectivity index (χ4n) is 4.17. The molecule has 0 radical (unpaired) electrons. The highest BCUT2D eigenvalue weighted by atomic mass is 35.5. The smallest absolute Gasteiger partial charge is 0.262 e. The second-order valence-corrected chi connectivity index (χ2v) is 9.05. The molecule has 0 fully saturated rings. The maximum Gasteiger partial charge on any atom is 0.262 e. The molecule has 0 unspecified atom stereocenters. The number of amides is 2. The molecule has 0 bridgehead atoms. The van der Waals surface area contributed by atoms with Crippen LogP contribution >= 0.6 is 23.2 Å². The summed E-state index contributed by atoms with van der Waals surface area (Å²) in [6.45, 7) is -0.0210. The third-order valence-corrected chi connectivity index (χ3v) is 6.61. The van der Waals surface area contributed by atoms with Crippen LogP contribution in [0.4, 0.5) is 0 Å². The van der Waals surface area contributed by atoms with Crippen molar-refractivity contribution in [1.82, 2.24) is 9.91 Å². The van der Waals surface area contributed by atoms with E-state index in [0.29, 0.717) is 39.2 Å². The first kappa shape index (κ1) is 23.2. The van der Waals surface area contributed by atoms with Gasteiger partial charge in [-0.3, -0.25) is 9.59 Å². The molecule has 0 saturated heterocycles. The van der Waals surface area contributed by atoms with Crippen LogP contribution in [0.25, 0.3) is 0 Å². The van der Waals surface area contributed by atoms with Crippen LogP contribution in [-0.2, 0) is 4.79 Å². The Hall–Kier alpha value is -3.55. The minimum absolute atomic E-state index is 0.155. The molecule has 178 valence electrons. The predicted octanol–water partition coefficient (Wildman–Crippen LogP) is 5.17. The number of rotatable bonds is 5. The molecular formula is C26H21Cl2N3O4. The van der Waals surface area contributed by atoms with E-state index in [1.165, 1.54) is 9.91 Å². The topological polar surface area (TPSA) is 71.4 Å². The van der Waals surface area contributed by atoms with Crippen molar-refractivity contribution in [2.75, 3.05) is 20.4 Å². The zero-order chi connectivity index (χ0) is 24.5. The number of hydrogen-bond acceptors (Lipinski definition) is 5. The fourth-order valence-corrected chi connectivity index (χ4v) is 4.63. The Kier molecular flexibility index (Phi) is 6.36. The first-order chi connectivity index (χ1) is 16.9. The number of carbonyl (C=O) groups is 2. The van der Waals surface area contributed by atoms with Crippen molar-refractivity contribution in [1.29, 1.82) is 0 Å². The third-order valence-electron chi connectivity index (χ3n) is 5.96. The van der Waals surface area contributed by atoms with Gasteiger partial charge in [0.15, 0.2) is 11.5 Å². The van der Waals surface area contributed by atoms with E-state index in [9.17, 15) is 9.59 Å². The molecule has 2 amide bonds. The summed E-state index contributed by atoms with van der Waals surface area (Å²) in [6.07, 6.45) is 0.456. The molecule has 3 aromatic carbocycles. The zero-order valence-corrected chi connectivity index (χ0v) is 20.3. The Morgan fingerprint density at radius 3 is 2.49 bits per heavy atom. The number of hydrogen-bond donors (Lipinski definition) is 0. The number of likely N-dealkylation sites (N-methyl/N-ethyl adjacent to an activating group) is 1. The van der Waals surface area contributed by atoms with Crippen molar-refractivity contribution in [3.05, 3.63) is 93.5 Å². The van der Waals surface area contributed by atoms with Crippen molar-refractivity contribution >= 4 is 40.7 Å². The van der Waals surface area contributed by atoms with Crippen LogP contribution in [0.15, 0.2) is 71.8 Å². The summed E-state index contributed by atoms with van der Waals surface area (Å²) in [5.41, 5.74) is 2.62. The van der Waals surface area contributed by atoms with Gasteiger partial charge in [0.05, 0.1) is 22.3 Å². The van der Waals surface area contributed by atoms with Gasteiger partial charge in [-0.1, -0.05) is 59.6 Å². The third kappa shape index (κ3) is 4.57. The number of nitrogens with zero attached hydrogens (tertiary/aromatic N) is 3. The van der Waals surface area contributed by atoms with E-state index < -0.39 is 6.04 Å². The quantitative estimate of drug-likeness (QED) is 0.475. The van der Waals surface area contributed by atoms with Crippen molar-refractivity contribution in [2.45, 2.75) is 12.5 Å². The molecule has 0 aliphatic carbocycles. The Morgan fingerprint density at radius 1 is 1.00 bits per heavy atom.